The first-order valence-corrected chi connectivity index (χ1v) is 10.4. The number of hydrogen-bond donors (Lipinski definition) is 0. The molecule has 0 amide bonds. The van der Waals surface area contributed by atoms with Crippen molar-refractivity contribution in [1.29, 1.82) is 0 Å². The summed E-state index contributed by atoms with van der Waals surface area (Å²) >= 11 is 0. The van der Waals surface area contributed by atoms with Crippen LogP contribution in [-0.2, 0) is 31.8 Å². The van der Waals surface area contributed by atoms with Crippen molar-refractivity contribution >= 4 is 11.9 Å². The Hall–Kier alpha value is -2.70. The Balaban J connectivity index is 0.000000181. The number of aryl methyl sites for hydroxylation is 2. The lowest BCUT2D eigenvalue weighted by atomic mass is 9.92. The molecule has 0 saturated carbocycles. The highest BCUT2D eigenvalue weighted by Crippen LogP contribution is 2.20. The van der Waals surface area contributed by atoms with Gasteiger partial charge in [-0.15, -0.1) is 0 Å². The molecule has 0 aromatic heterocycles. The second kappa shape index (κ2) is 9.87. The second-order valence-corrected chi connectivity index (χ2v) is 7.63. The van der Waals surface area contributed by atoms with Crippen LogP contribution in [0.15, 0.2) is 48.5 Å². The molecular formula is C24H26O6. The van der Waals surface area contributed by atoms with Crippen LogP contribution < -0.4 is 0 Å². The minimum atomic E-state index is -0.546. The first-order chi connectivity index (χ1) is 14.7. The van der Waals surface area contributed by atoms with Crippen molar-refractivity contribution in [1.82, 2.24) is 0 Å². The first kappa shape index (κ1) is 20.6. The van der Waals surface area contributed by atoms with E-state index in [0.717, 1.165) is 0 Å². The molecule has 1 aliphatic carbocycles. The quantitative estimate of drug-likeness (QED) is 0.537. The molecule has 6 nitrogen and oxygen atoms in total. The van der Waals surface area contributed by atoms with Crippen LogP contribution in [0, 0.1) is 0 Å². The summed E-state index contributed by atoms with van der Waals surface area (Å²) in [4.78, 5) is 23.9. The molecule has 2 unspecified atom stereocenters. The van der Waals surface area contributed by atoms with Gasteiger partial charge >= 0.3 is 11.9 Å². The van der Waals surface area contributed by atoms with E-state index in [1.54, 1.807) is 35.4 Å². The van der Waals surface area contributed by atoms with Gasteiger partial charge < -0.3 is 18.9 Å². The van der Waals surface area contributed by atoms with E-state index in [0.29, 0.717) is 13.2 Å². The standard InChI is InChI=1S/C14H14O6.C10H12/c15-13(19-7-9-5-17-9)11-3-1-2-4-12(11)14(16)20-8-10-6-18-10;1-2-6-10-8-4-3-7-9(10)5-1/h1-4,9-10H,5-8H2;1-2,5-6H,3-4,7-8H2. The molecule has 0 N–H and O–H groups in total. The second-order valence-electron chi connectivity index (χ2n) is 7.63. The first-order valence-electron chi connectivity index (χ1n) is 10.4. The zero-order chi connectivity index (χ0) is 20.8. The molecule has 0 radical (unpaired) electrons. The van der Waals surface area contributed by atoms with E-state index in [4.69, 9.17) is 18.9 Å². The molecule has 2 saturated heterocycles. The molecule has 0 spiro atoms. The Kier molecular flexibility index (Phi) is 6.77. The number of esters is 2. The monoisotopic (exact) mass is 410 g/mol. The van der Waals surface area contributed by atoms with E-state index < -0.39 is 11.9 Å². The van der Waals surface area contributed by atoms with Crippen LogP contribution in [0.5, 0.6) is 0 Å². The van der Waals surface area contributed by atoms with Crippen LogP contribution in [0.25, 0.3) is 0 Å². The van der Waals surface area contributed by atoms with Crippen LogP contribution in [0.2, 0.25) is 0 Å². The summed E-state index contributed by atoms with van der Waals surface area (Å²) in [5.74, 6) is -1.09. The van der Waals surface area contributed by atoms with Gasteiger partial charge in [0.15, 0.2) is 0 Å². The Morgan fingerprint density at radius 1 is 0.733 bits per heavy atom. The number of ether oxygens (including phenoxy) is 4. The van der Waals surface area contributed by atoms with Gasteiger partial charge in [-0.2, -0.15) is 0 Å². The SMILES string of the molecule is O=C(OCC1CO1)c1ccccc1C(=O)OCC1CO1.c1ccc2c(c1)CCCC2. The van der Waals surface area contributed by atoms with Gasteiger partial charge in [-0.3, -0.25) is 0 Å². The molecule has 3 aliphatic rings. The third-order valence-corrected chi connectivity index (χ3v) is 5.23. The molecule has 2 fully saturated rings. The van der Waals surface area contributed by atoms with Crippen molar-refractivity contribution < 1.29 is 28.5 Å². The molecule has 6 heteroatoms. The highest BCUT2D eigenvalue weighted by molar-refractivity contribution is 6.03. The fourth-order valence-corrected chi connectivity index (χ4v) is 3.34. The summed E-state index contributed by atoms with van der Waals surface area (Å²) in [7, 11) is 0. The molecule has 2 aromatic rings. The van der Waals surface area contributed by atoms with Crippen LogP contribution >= 0.6 is 0 Å². The number of rotatable bonds is 6. The third kappa shape index (κ3) is 5.90. The number of carbonyl (C=O) groups is 2. The fraction of sp³-hybridized carbons (Fsp3) is 0.417. The highest BCUT2D eigenvalue weighted by atomic mass is 16.6. The maximum absolute atomic E-state index is 11.9. The van der Waals surface area contributed by atoms with E-state index in [1.807, 2.05) is 0 Å². The minimum absolute atomic E-state index is 0.00919. The van der Waals surface area contributed by atoms with Gasteiger partial charge in [-0.05, 0) is 48.9 Å². The summed E-state index contributed by atoms with van der Waals surface area (Å²) in [6.45, 7) is 1.63. The smallest absolute Gasteiger partial charge is 0.339 e. The topological polar surface area (TPSA) is 77.7 Å². The van der Waals surface area contributed by atoms with Crippen LogP contribution in [-0.4, -0.2) is 50.6 Å². The molecule has 0 bridgehead atoms. The summed E-state index contributed by atoms with van der Waals surface area (Å²) in [5, 5.41) is 0. The highest BCUT2D eigenvalue weighted by Gasteiger charge is 2.28. The Morgan fingerprint density at radius 3 is 1.53 bits per heavy atom. The summed E-state index contributed by atoms with van der Waals surface area (Å²) < 4.78 is 20.1. The summed E-state index contributed by atoms with van der Waals surface area (Å²) in [6.07, 6.45) is 5.36. The molecule has 30 heavy (non-hydrogen) atoms. The Labute approximate surface area is 176 Å². The Bertz CT molecular complexity index is 813. The van der Waals surface area contributed by atoms with Crippen molar-refractivity contribution in [2.45, 2.75) is 37.9 Å². The van der Waals surface area contributed by atoms with E-state index in [9.17, 15) is 9.59 Å². The number of benzene rings is 2. The van der Waals surface area contributed by atoms with Crippen LogP contribution in [0.3, 0.4) is 0 Å². The van der Waals surface area contributed by atoms with Gasteiger partial charge in [0.1, 0.15) is 25.4 Å². The minimum Gasteiger partial charge on any atom is -0.459 e. The van der Waals surface area contributed by atoms with E-state index in [2.05, 4.69) is 24.3 Å². The fourth-order valence-electron chi connectivity index (χ4n) is 3.34. The average molecular weight is 410 g/mol. The molecular weight excluding hydrogens is 384 g/mol. The summed E-state index contributed by atoms with van der Waals surface area (Å²) in [5.41, 5.74) is 3.56. The molecule has 2 aromatic carbocycles. The molecule has 5 rings (SSSR count). The number of fused-ring (bicyclic) bond motifs is 1. The van der Waals surface area contributed by atoms with Crippen molar-refractivity contribution in [2.75, 3.05) is 26.4 Å². The largest absolute Gasteiger partial charge is 0.459 e. The predicted octanol–water partition coefficient (Wildman–Crippen LogP) is 3.36. The predicted molar refractivity (Wildman–Crippen MR) is 110 cm³/mol. The number of hydrogen-bond acceptors (Lipinski definition) is 6. The third-order valence-electron chi connectivity index (χ3n) is 5.23. The zero-order valence-electron chi connectivity index (χ0n) is 16.9. The summed E-state index contributed by atoms with van der Waals surface area (Å²) in [6, 6.07) is 15.2. The average Bonchev–Trinajstić information content (AvgIpc) is 3.71. The molecule has 2 atom stereocenters. The van der Waals surface area contributed by atoms with Crippen molar-refractivity contribution in [3.8, 4) is 0 Å². The van der Waals surface area contributed by atoms with Gasteiger partial charge in [0.25, 0.3) is 0 Å². The lowest BCUT2D eigenvalue weighted by molar-refractivity contribution is 0.0430. The number of epoxide rings is 2. The zero-order valence-corrected chi connectivity index (χ0v) is 16.9. The van der Waals surface area contributed by atoms with Gasteiger partial charge in [-0.1, -0.05) is 36.4 Å². The van der Waals surface area contributed by atoms with Gasteiger partial charge in [0, 0.05) is 0 Å². The van der Waals surface area contributed by atoms with Crippen molar-refractivity contribution in [3.63, 3.8) is 0 Å². The molecule has 2 heterocycles. The molecule has 158 valence electrons. The van der Waals surface area contributed by atoms with E-state index in [-0.39, 0.29) is 36.5 Å². The van der Waals surface area contributed by atoms with Gasteiger partial charge in [0.05, 0.1) is 24.3 Å². The lowest BCUT2D eigenvalue weighted by Gasteiger charge is -2.13. The maximum atomic E-state index is 11.9. The van der Waals surface area contributed by atoms with E-state index >= 15 is 0 Å². The van der Waals surface area contributed by atoms with Crippen LogP contribution in [0.4, 0.5) is 0 Å². The van der Waals surface area contributed by atoms with Crippen molar-refractivity contribution in [2.24, 2.45) is 0 Å². The molecule has 2 aliphatic heterocycles. The number of carbonyl (C=O) groups excluding carboxylic acids is 2. The normalized spacial score (nSPS) is 20.8. The van der Waals surface area contributed by atoms with Crippen molar-refractivity contribution in [3.05, 3.63) is 70.8 Å². The maximum Gasteiger partial charge on any atom is 0.339 e. The Morgan fingerprint density at radius 2 is 1.13 bits per heavy atom. The van der Waals surface area contributed by atoms with E-state index in [1.165, 1.54) is 25.7 Å². The van der Waals surface area contributed by atoms with Crippen LogP contribution in [0.1, 0.15) is 44.7 Å². The van der Waals surface area contributed by atoms with Gasteiger partial charge in [0.2, 0.25) is 0 Å². The van der Waals surface area contributed by atoms with Gasteiger partial charge in [-0.25, -0.2) is 9.59 Å². The lowest BCUT2D eigenvalue weighted by Crippen LogP contribution is -2.17.